The van der Waals surface area contributed by atoms with Gasteiger partial charge in [-0.15, -0.1) is 0 Å². The summed E-state index contributed by atoms with van der Waals surface area (Å²) in [6, 6.07) is 6.09. The molecule has 18 heavy (non-hydrogen) atoms. The molecule has 1 aromatic rings. The lowest BCUT2D eigenvalue weighted by molar-refractivity contribution is 0.111. The summed E-state index contributed by atoms with van der Waals surface area (Å²) < 4.78 is 5.65. The van der Waals surface area contributed by atoms with Crippen molar-refractivity contribution in [3.63, 3.8) is 0 Å². The maximum absolute atomic E-state index is 11.2. The van der Waals surface area contributed by atoms with Crippen molar-refractivity contribution in [1.82, 2.24) is 0 Å². The van der Waals surface area contributed by atoms with Crippen LogP contribution in [0.4, 0.5) is 0 Å². The quantitative estimate of drug-likeness (QED) is 0.739. The summed E-state index contributed by atoms with van der Waals surface area (Å²) in [5.74, 6) is 1.34. The molecule has 2 heteroatoms. The second kappa shape index (κ2) is 6.03. The molecule has 0 N–H and O–H groups in total. The molecule has 1 fully saturated rings. The molecule has 0 amide bonds. The Labute approximate surface area is 109 Å². The smallest absolute Gasteiger partial charge is 0.153 e. The molecule has 0 heterocycles. The Balaban J connectivity index is 2.20. The number of benzene rings is 1. The average molecular weight is 246 g/mol. The molecule has 2 rings (SSSR count). The zero-order chi connectivity index (χ0) is 13.0. The van der Waals surface area contributed by atoms with E-state index in [9.17, 15) is 4.79 Å². The van der Waals surface area contributed by atoms with Crippen molar-refractivity contribution in [2.24, 2.45) is 0 Å². The summed E-state index contributed by atoms with van der Waals surface area (Å²) in [6.45, 7) is 3.95. The predicted octanol–water partition coefficient (Wildman–Crippen LogP) is 4.33. The van der Waals surface area contributed by atoms with Crippen LogP contribution >= 0.6 is 0 Å². The summed E-state index contributed by atoms with van der Waals surface area (Å²) in [7, 11) is 0. The van der Waals surface area contributed by atoms with Crippen LogP contribution < -0.4 is 4.74 Å². The van der Waals surface area contributed by atoms with Crippen molar-refractivity contribution in [3.8, 4) is 5.75 Å². The topological polar surface area (TPSA) is 26.3 Å². The van der Waals surface area contributed by atoms with E-state index in [1.165, 1.54) is 37.7 Å². The van der Waals surface area contributed by atoms with Gasteiger partial charge in [-0.25, -0.2) is 0 Å². The zero-order valence-electron chi connectivity index (χ0n) is 11.3. The fraction of sp³-hybridized carbons (Fsp3) is 0.562. The third-order valence-corrected chi connectivity index (χ3v) is 3.60. The fourth-order valence-corrected chi connectivity index (χ4v) is 2.71. The van der Waals surface area contributed by atoms with Crippen LogP contribution in [0.1, 0.15) is 67.8 Å². The first-order chi connectivity index (χ1) is 8.70. The van der Waals surface area contributed by atoms with E-state index in [1.807, 2.05) is 26.0 Å². The molecule has 2 nitrogen and oxygen atoms in total. The number of hydrogen-bond acceptors (Lipinski definition) is 2. The molecule has 0 radical (unpaired) electrons. The highest BCUT2D eigenvalue weighted by atomic mass is 16.5. The zero-order valence-corrected chi connectivity index (χ0v) is 11.3. The Morgan fingerprint density at radius 2 is 1.94 bits per heavy atom. The van der Waals surface area contributed by atoms with E-state index >= 15 is 0 Å². The molecule has 0 bridgehead atoms. The van der Waals surface area contributed by atoms with Crippen LogP contribution in [0.5, 0.6) is 5.75 Å². The summed E-state index contributed by atoms with van der Waals surface area (Å²) in [4.78, 5) is 11.2. The van der Waals surface area contributed by atoms with Gasteiger partial charge in [0.1, 0.15) is 5.75 Å². The maximum Gasteiger partial charge on any atom is 0.153 e. The number of rotatable bonds is 4. The minimum Gasteiger partial charge on any atom is -0.490 e. The number of ether oxygens (including phenoxy) is 1. The van der Waals surface area contributed by atoms with Crippen LogP contribution in [0.15, 0.2) is 18.2 Å². The summed E-state index contributed by atoms with van der Waals surface area (Å²) in [6.07, 6.45) is 7.49. The largest absolute Gasteiger partial charge is 0.490 e. The first kappa shape index (κ1) is 13.1. The lowest BCUT2D eigenvalue weighted by atomic mass is 9.83. The number of carbonyl (C=O) groups excluding carboxylic acids is 1. The Hall–Kier alpha value is -1.31. The Kier molecular flexibility index (Phi) is 4.40. The summed E-state index contributed by atoms with van der Waals surface area (Å²) >= 11 is 0. The maximum atomic E-state index is 11.2. The average Bonchev–Trinajstić information content (AvgIpc) is 2.39. The van der Waals surface area contributed by atoms with Gasteiger partial charge >= 0.3 is 0 Å². The SMILES string of the molecule is CC(C)Oc1ccc(C2CCCCC2)cc1C=O. The molecule has 1 aromatic carbocycles. The van der Waals surface area contributed by atoms with Crippen LogP contribution in [-0.2, 0) is 0 Å². The highest BCUT2D eigenvalue weighted by Gasteiger charge is 2.17. The van der Waals surface area contributed by atoms with Gasteiger partial charge in [-0.1, -0.05) is 25.3 Å². The lowest BCUT2D eigenvalue weighted by Gasteiger charge is -2.23. The number of carbonyl (C=O) groups is 1. The Morgan fingerprint density at radius 3 is 2.56 bits per heavy atom. The molecule has 0 aromatic heterocycles. The van der Waals surface area contributed by atoms with E-state index in [1.54, 1.807) is 0 Å². The first-order valence-corrected chi connectivity index (χ1v) is 6.96. The third-order valence-electron chi connectivity index (χ3n) is 3.60. The van der Waals surface area contributed by atoms with Gasteiger partial charge in [0.05, 0.1) is 11.7 Å². The number of hydrogen-bond donors (Lipinski definition) is 0. The van der Waals surface area contributed by atoms with E-state index in [4.69, 9.17) is 4.74 Å². The van der Waals surface area contributed by atoms with Gasteiger partial charge in [-0.05, 0) is 50.3 Å². The third kappa shape index (κ3) is 3.12. The van der Waals surface area contributed by atoms with Crippen molar-refractivity contribution in [1.29, 1.82) is 0 Å². The standard InChI is InChI=1S/C16H22O2/c1-12(2)18-16-9-8-14(10-15(16)11-17)13-6-4-3-5-7-13/h8-13H,3-7H2,1-2H3. The van der Waals surface area contributed by atoms with Crippen molar-refractivity contribution in [2.75, 3.05) is 0 Å². The van der Waals surface area contributed by atoms with Gasteiger partial charge in [0, 0.05) is 0 Å². The van der Waals surface area contributed by atoms with Crippen molar-refractivity contribution >= 4 is 6.29 Å². The fourth-order valence-electron chi connectivity index (χ4n) is 2.71. The Morgan fingerprint density at radius 1 is 1.22 bits per heavy atom. The molecule has 0 atom stereocenters. The highest BCUT2D eigenvalue weighted by Crippen LogP contribution is 2.34. The molecule has 1 aliphatic carbocycles. The van der Waals surface area contributed by atoms with Crippen LogP contribution in [0.3, 0.4) is 0 Å². The molecule has 1 saturated carbocycles. The van der Waals surface area contributed by atoms with Gasteiger partial charge in [0.2, 0.25) is 0 Å². The van der Waals surface area contributed by atoms with E-state index in [0.29, 0.717) is 17.2 Å². The second-order valence-corrected chi connectivity index (χ2v) is 5.42. The van der Waals surface area contributed by atoms with Gasteiger partial charge in [-0.3, -0.25) is 4.79 Å². The number of aldehydes is 1. The van der Waals surface area contributed by atoms with Crippen molar-refractivity contribution in [2.45, 2.75) is 58.0 Å². The van der Waals surface area contributed by atoms with E-state index in [-0.39, 0.29) is 6.10 Å². The van der Waals surface area contributed by atoms with Crippen molar-refractivity contribution in [3.05, 3.63) is 29.3 Å². The van der Waals surface area contributed by atoms with Crippen LogP contribution in [-0.4, -0.2) is 12.4 Å². The second-order valence-electron chi connectivity index (χ2n) is 5.42. The van der Waals surface area contributed by atoms with Gasteiger partial charge in [-0.2, -0.15) is 0 Å². The molecule has 0 aliphatic heterocycles. The van der Waals surface area contributed by atoms with Gasteiger partial charge in [0.25, 0.3) is 0 Å². The Bertz CT molecular complexity index is 404. The molecule has 98 valence electrons. The van der Waals surface area contributed by atoms with E-state index in [2.05, 4.69) is 6.07 Å². The van der Waals surface area contributed by atoms with Gasteiger partial charge < -0.3 is 4.74 Å². The van der Waals surface area contributed by atoms with Crippen LogP contribution in [0.2, 0.25) is 0 Å². The van der Waals surface area contributed by atoms with Crippen LogP contribution in [0.25, 0.3) is 0 Å². The minimum atomic E-state index is 0.101. The van der Waals surface area contributed by atoms with Crippen molar-refractivity contribution < 1.29 is 9.53 Å². The highest BCUT2D eigenvalue weighted by molar-refractivity contribution is 5.79. The molecular formula is C16H22O2. The molecule has 0 spiro atoms. The molecule has 0 unspecified atom stereocenters. The predicted molar refractivity (Wildman–Crippen MR) is 73.4 cm³/mol. The van der Waals surface area contributed by atoms with E-state index < -0.39 is 0 Å². The lowest BCUT2D eigenvalue weighted by Crippen LogP contribution is -2.09. The minimum absolute atomic E-state index is 0.101. The monoisotopic (exact) mass is 246 g/mol. The van der Waals surface area contributed by atoms with Crippen LogP contribution in [0, 0.1) is 0 Å². The first-order valence-electron chi connectivity index (χ1n) is 6.96. The van der Waals surface area contributed by atoms with E-state index in [0.717, 1.165) is 6.29 Å². The van der Waals surface area contributed by atoms with Gasteiger partial charge in [0.15, 0.2) is 6.29 Å². The molecule has 0 saturated heterocycles. The molecule has 1 aliphatic rings. The summed E-state index contributed by atoms with van der Waals surface area (Å²) in [5.41, 5.74) is 1.99. The molecular weight excluding hydrogens is 224 g/mol. The summed E-state index contributed by atoms with van der Waals surface area (Å²) in [5, 5.41) is 0. The normalized spacial score (nSPS) is 16.8.